The van der Waals surface area contributed by atoms with Gasteiger partial charge < -0.3 is 10.6 Å². The molecule has 0 atom stereocenters. The minimum Gasteiger partial charge on any atom is -0.357 e. The molecule has 1 aromatic heterocycles. The molecule has 0 bridgehead atoms. The number of primary sulfonamides is 1. The van der Waals surface area contributed by atoms with Gasteiger partial charge in [0, 0.05) is 18.7 Å². The molecule has 1 saturated heterocycles. The number of piperidine rings is 1. The zero-order valence-electron chi connectivity index (χ0n) is 14.1. The fraction of sp³-hybridized carbons (Fsp3) is 0.389. The minimum absolute atomic E-state index is 0.106. The zero-order valence-corrected chi connectivity index (χ0v) is 15.0. The van der Waals surface area contributed by atoms with Gasteiger partial charge in [0.1, 0.15) is 5.82 Å². The van der Waals surface area contributed by atoms with Gasteiger partial charge in [0.2, 0.25) is 10.0 Å². The van der Waals surface area contributed by atoms with Crippen LogP contribution in [0, 0.1) is 5.92 Å². The van der Waals surface area contributed by atoms with Gasteiger partial charge in [-0.25, -0.2) is 18.5 Å². The van der Waals surface area contributed by atoms with Crippen molar-refractivity contribution < 1.29 is 8.42 Å². The predicted molar refractivity (Wildman–Crippen MR) is 99.7 cm³/mol. The molecule has 1 aliphatic heterocycles. The number of anilines is 1. The normalized spacial score (nSPS) is 16.2. The average Bonchev–Trinajstić information content (AvgIpc) is 2.62. The van der Waals surface area contributed by atoms with Crippen LogP contribution in [0.2, 0.25) is 0 Å². The Morgan fingerprint density at radius 3 is 2.36 bits per heavy atom. The highest BCUT2D eigenvalue weighted by molar-refractivity contribution is 7.89. The lowest BCUT2D eigenvalue weighted by molar-refractivity contribution is 0.385. The van der Waals surface area contributed by atoms with Crippen molar-refractivity contribution in [2.75, 3.05) is 24.5 Å². The second-order valence-electron chi connectivity index (χ2n) is 6.46. The Morgan fingerprint density at radius 2 is 1.76 bits per heavy atom. The molecule has 0 unspecified atom stereocenters. The van der Waals surface area contributed by atoms with Crippen molar-refractivity contribution in [2.45, 2.75) is 24.2 Å². The second kappa shape index (κ2) is 7.51. The summed E-state index contributed by atoms with van der Waals surface area (Å²) in [5.74, 6) is 1.68. The zero-order chi connectivity index (χ0) is 17.9. The summed E-state index contributed by atoms with van der Waals surface area (Å²) in [5, 5.41) is 5.14. The molecule has 25 heavy (non-hydrogen) atoms. The first kappa shape index (κ1) is 17.8. The molecule has 2 aromatic rings. The van der Waals surface area contributed by atoms with Gasteiger partial charge in [-0.1, -0.05) is 18.2 Å². The molecule has 0 amide bonds. The molecule has 1 aliphatic rings. The number of hydrogen-bond donors (Lipinski definition) is 2. The van der Waals surface area contributed by atoms with Crippen molar-refractivity contribution in [1.29, 1.82) is 0 Å². The quantitative estimate of drug-likeness (QED) is 0.848. The first-order valence-electron chi connectivity index (χ1n) is 8.52. The van der Waals surface area contributed by atoms with E-state index in [4.69, 9.17) is 15.9 Å². The molecule has 7 heteroatoms. The van der Waals surface area contributed by atoms with Crippen LogP contribution in [0.1, 0.15) is 19.3 Å². The van der Waals surface area contributed by atoms with E-state index >= 15 is 0 Å². The first-order chi connectivity index (χ1) is 12.0. The number of hydrogen-bond acceptors (Lipinski definition) is 5. The molecular weight excluding hydrogens is 336 g/mol. The van der Waals surface area contributed by atoms with Gasteiger partial charge in [0.05, 0.1) is 10.6 Å². The van der Waals surface area contributed by atoms with E-state index in [2.05, 4.69) is 4.90 Å². The van der Waals surface area contributed by atoms with Gasteiger partial charge in [-0.2, -0.15) is 0 Å². The Bertz CT molecular complexity index is 813. The van der Waals surface area contributed by atoms with Gasteiger partial charge in [-0.3, -0.25) is 0 Å². The molecule has 134 valence electrons. The standard InChI is InChI=1S/C18H24N4O2S/c19-11-8-14-9-12-22(13-10-14)18-3-1-2-17(21-18)15-4-6-16(7-5-15)25(20,23)24/h1-7,14H,8-13,19H2,(H2,20,23,24). The van der Waals surface area contributed by atoms with Crippen LogP contribution >= 0.6 is 0 Å². The molecule has 0 aliphatic carbocycles. The summed E-state index contributed by atoms with van der Waals surface area (Å²) in [6.45, 7) is 2.74. The topological polar surface area (TPSA) is 102 Å². The van der Waals surface area contributed by atoms with Crippen LogP contribution in [0.15, 0.2) is 47.4 Å². The lowest BCUT2D eigenvalue weighted by Crippen LogP contribution is -2.34. The summed E-state index contributed by atoms with van der Waals surface area (Å²) >= 11 is 0. The molecule has 1 fully saturated rings. The van der Waals surface area contributed by atoms with Crippen LogP contribution in [0.3, 0.4) is 0 Å². The number of pyridine rings is 1. The van der Waals surface area contributed by atoms with Crippen LogP contribution in [0.5, 0.6) is 0 Å². The van der Waals surface area contributed by atoms with Crippen LogP contribution in [0.4, 0.5) is 5.82 Å². The van der Waals surface area contributed by atoms with E-state index in [9.17, 15) is 8.42 Å². The van der Waals surface area contributed by atoms with Crippen LogP contribution in [-0.2, 0) is 10.0 Å². The van der Waals surface area contributed by atoms with E-state index in [1.807, 2.05) is 18.2 Å². The van der Waals surface area contributed by atoms with E-state index in [-0.39, 0.29) is 4.90 Å². The minimum atomic E-state index is -3.67. The summed E-state index contributed by atoms with van der Waals surface area (Å²) in [5.41, 5.74) is 7.35. The Balaban J connectivity index is 1.76. The molecule has 0 spiro atoms. The predicted octanol–water partition coefficient (Wildman–Crippen LogP) is 1.96. The van der Waals surface area contributed by atoms with Crippen LogP contribution in [0.25, 0.3) is 11.3 Å². The number of rotatable bonds is 5. The third-order valence-corrected chi connectivity index (χ3v) is 5.66. The smallest absolute Gasteiger partial charge is 0.238 e. The van der Waals surface area contributed by atoms with Gasteiger partial charge in [-0.15, -0.1) is 0 Å². The number of aromatic nitrogens is 1. The van der Waals surface area contributed by atoms with Crippen molar-refractivity contribution in [2.24, 2.45) is 16.8 Å². The number of nitrogens with two attached hydrogens (primary N) is 2. The molecule has 0 radical (unpaired) electrons. The van der Waals surface area contributed by atoms with Crippen molar-refractivity contribution in [1.82, 2.24) is 4.98 Å². The Labute approximate surface area is 148 Å². The molecule has 1 aromatic carbocycles. The Kier molecular flexibility index (Phi) is 5.36. The maximum atomic E-state index is 11.4. The Morgan fingerprint density at radius 1 is 1.08 bits per heavy atom. The lowest BCUT2D eigenvalue weighted by atomic mass is 9.93. The molecular formula is C18H24N4O2S. The monoisotopic (exact) mass is 360 g/mol. The molecule has 0 saturated carbocycles. The molecule has 2 heterocycles. The summed E-state index contributed by atoms with van der Waals surface area (Å²) < 4.78 is 22.7. The van der Waals surface area contributed by atoms with E-state index in [0.717, 1.165) is 61.9 Å². The first-order valence-corrected chi connectivity index (χ1v) is 10.1. The van der Waals surface area contributed by atoms with Crippen molar-refractivity contribution in [3.8, 4) is 11.3 Å². The van der Waals surface area contributed by atoms with Crippen molar-refractivity contribution >= 4 is 15.8 Å². The average molecular weight is 360 g/mol. The maximum absolute atomic E-state index is 11.4. The Hall–Kier alpha value is -1.96. The molecule has 4 N–H and O–H groups in total. The van der Waals surface area contributed by atoms with E-state index < -0.39 is 10.0 Å². The highest BCUT2D eigenvalue weighted by atomic mass is 32.2. The highest BCUT2D eigenvalue weighted by Crippen LogP contribution is 2.26. The number of benzene rings is 1. The highest BCUT2D eigenvalue weighted by Gasteiger charge is 2.19. The SMILES string of the molecule is NCCC1CCN(c2cccc(-c3ccc(S(N)(=O)=O)cc3)n2)CC1. The second-order valence-corrected chi connectivity index (χ2v) is 8.02. The number of sulfonamides is 1. The van der Waals surface area contributed by atoms with Gasteiger partial charge in [0.25, 0.3) is 0 Å². The number of nitrogens with zero attached hydrogens (tertiary/aromatic N) is 2. The fourth-order valence-electron chi connectivity index (χ4n) is 3.26. The van der Waals surface area contributed by atoms with Crippen molar-refractivity contribution in [3.05, 3.63) is 42.5 Å². The third kappa shape index (κ3) is 4.36. The lowest BCUT2D eigenvalue weighted by Gasteiger charge is -2.32. The summed E-state index contributed by atoms with van der Waals surface area (Å²) in [6.07, 6.45) is 3.38. The molecule has 6 nitrogen and oxygen atoms in total. The summed E-state index contributed by atoms with van der Waals surface area (Å²) in [6, 6.07) is 12.4. The van der Waals surface area contributed by atoms with E-state index in [1.54, 1.807) is 12.1 Å². The summed E-state index contributed by atoms with van der Waals surface area (Å²) in [4.78, 5) is 7.16. The van der Waals surface area contributed by atoms with Crippen LogP contribution in [-0.4, -0.2) is 33.0 Å². The van der Waals surface area contributed by atoms with Crippen LogP contribution < -0.4 is 15.8 Å². The molecule has 3 rings (SSSR count). The maximum Gasteiger partial charge on any atom is 0.238 e. The summed E-state index contributed by atoms with van der Waals surface area (Å²) in [7, 11) is -3.67. The van der Waals surface area contributed by atoms with Gasteiger partial charge in [0.15, 0.2) is 0 Å². The van der Waals surface area contributed by atoms with Crippen molar-refractivity contribution in [3.63, 3.8) is 0 Å². The van der Waals surface area contributed by atoms with Gasteiger partial charge in [-0.05, 0) is 56.0 Å². The fourth-order valence-corrected chi connectivity index (χ4v) is 3.78. The van der Waals surface area contributed by atoms with Gasteiger partial charge >= 0.3 is 0 Å². The largest absolute Gasteiger partial charge is 0.357 e. The van der Waals surface area contributed by atoms with E-state index in [1.165, 1.54) is 12.1 Å². The van der Waals surface area contributed by atoms with E-state index in [0.29, 0.717) is 0 Å². The third-order valence-electron chi connectivity index (χ3n) is 4.73.